The summed E-state index contributed by atoms with van der Waals surface area (Å²) in [5, 5.41) is 8.56. The van der Waals surface area contributed by atoms with Crippen molar-refractivity contribution in [3.05, 3.63) is 124 Å². The van der Waals surface area contributed by atoms with Gasteiger partial charge in [0.2, 0.25) is 0 Å². The molecule has 202 valence electrons. The average molecular weight is 604 g/mol. The third-order valence-corrected chi connectivity index (χ3v) is 7.78. The molecule has 5 aromatic rings. The zero-order chi connectivity index (χ0) is 27.9. The minimum atomic E-state index is -0.191. The second-order valence-corrected chi connectivity index (χ2v) is 10.8. The predicted molar refractivity (Wildman–Crippen MR) is 169 cm³/mol. The molecule has 1 atom stereocenters. The molecule has 2 aliphatic heterocycles. The van der Waals surface area contributed by atoms with Crippen LogP contribution in [0.5, 0.6) is 5.75 Å². The van der Waals surface area contributed by atoms with Gasteiger partial charge in [-0.15, -0.1) is 0 Å². The van der Waals surface area contributed by atoms with Crippen LogP contribution in [0.15, 0.2) is 118 Å². The first-order valence-electron chi connectivity index (χ1n) is 13.6. The number of anilines is 2. The SMILES string of the molecule is CCOc1ccc([C@H]2c3c(C)nn(-c4ccccc4)c3N=C3C(Nc4ccc(Br)cc4)=Nc4ccccc4N32)cc1. The van der Waals surface area contributed by atoms with E-state index in [1.54, 1.807) is 0 Å². The Labute approximate surface area is 247 Å². The molecule has 0 saturated carbocycles. The normalized spacial score (nSPS) is 15.3. The zero-order valence-electron chi connectivity index (χ0n) is 22.6. The van der Waals surface area contributed by atoms with Crippen molar-refractivity contribution >= 4 is 50.5 Å². The summed E-state index contributed by atoms with van der Waals surface area (Å²) in [5.41, 5.74) is 6.83. The van der Waals surface area contributed by atoms with Crippen molar-refractivity contribution in [1.82, 2.24) is 9.78 Å². The first-order chi connectivity index (χ1) is 20.1. The number of hydrogen-bond acceptors (Lipinski definition) is 6. The molecule has 2 aliphatic rings. The van der Waals surface area contributed by atoms with Crippen LogP contribution in [0, 0.1) is 6.92 Å². The van der Waals surface area contributed by atoms with E-state index in [1.807, 2.05) is 84.4 Å². The predicted octanol–water partition coefficient (Wildman–Crippen LogP) is 8.14. The van der Waals surface area contributed by atoms with Gasteiger partial charge in [0.05, 0.1) is 35.4 Å². The Morgan fingerprint density at radius 1 is 0.854 bits per heavy atom. The van der Waals surface area contributed by atoms with Gasteiger partial charge in [0.25, 0.3) is 0 Å². The van der Waals surface area contributed by atoms with Gasteiger partial charge < -0.3 is 15.0 Å². The fourth-order valence-electron chi connectivity index (χ4n) is 5.45. The van der Waals surface area contributed by atoms with E-state index < -0.39 is 0 Å². The summed E-state index contributed by atoms with van der Waals surface area (Å²) in [6.07, 6.45) is 0. The number of hydrogen-bond donors (Lipinski definition) is 1. The number of rotatable bonds is 5. The summed E-state index contributed by atoms with van der Waals surface area (Å²) in [7, 11) is 0. The molecule has 1 N–H and O–H groups in total. The Bertz CT molecular complexity index is 1790. The fourth-order valence-corrected chi connectivity index (χ4v) is 5.71. The van der Waals surface area contributed by atoms with Crippen LogP contribution in [0.3, 0.4) is 0 Å². The second-order valence-electron chi connectivity index (χ2n) is 9.86. The first kappa shape index (κ1) is 25.3. The van der Waals surface area contributed by atoms with E-state index in [4.69, 9.17) is 19.8 Å². The lowest BCUT2D eigenvalue weighted by molar-refractivity contribution is 0.340. The molecule has 7 rings (SSSR count). The van der Waals surface area contributed by atoms with Crippen LogP contribution < -0.4 is 15.0 Å². The van der Waals surface area contributed by atoms with Crippen molar-refractivity contribution in [1.29, 1.82) is 0 Å². The minimum Gasteiger partial charge on any atom is -0.494 e. The fraction of sp³-hybridized carbons (Fsp3) is 0.121. The molecule has 7 nitrogen and oxygen atoms in total. The number of aliphatic imine (C=N–C) groups is 2. The number of amidine groups is 2. The topological polar surface area (TPSA) is 67.0 Å². The van der Waals surface area contributed by atoms with Gasteiger partial charge in [-0.25, -0.2) is 14.7 Å². The Balaban J connectivity index is 1.46. The third kappa shape index (κ3) is 4.50. The maximum atomic E-state index is 5.77. The van der Waals surface area contributed by atoms with E-state index in [9.17, 15) is 0 Å². The Morgan fingerprint density at radius 3 is 2.34 bits per heavy atom. The van der Waals surface area contributed by atoms with Gasteiger partial charge >= 0.3 is 0 Å². The second kappa shape index (κ2) is 10.4. The molecule has 0 amide bonds. The third-order valence-electron chi connectivity index (χ3n) is 7.25. The monoisotopic (exact) mass is 602 g/mol. The number of aromatic nitrogens is 2. The highest BCUT2D eigenvalue weighted by molar-refractivity contribution is 9.10. The molecule has 4 aromatic carbocycles. The van der Waals surface area contributed by atoms with E-state index in [2.05, 4.69) is 63.4 Å². The lowest BCUT2D eigenvalue weighted by Gasteiger charge is -2.40. The van der Waals surface area contributed by atoms with E-state index >= 15 is 0 Å². The molecule has 41 heavy (non-hydrogen) atoms. The summed E-state index contributed by atoms with van der Waals surface area (Å²) in [6.45, 7) is 4.67. The van der Waals surface area contributed by atoms with Crippen LogP contribution in [-0.2, 0) is 0 Å². The molecule has 1 aromatic heterocycles. The number of nitrogens with one attached hydrogen (secondary N) is 1. The number of para-hydroxylation sites is 3. The first-order valence-corrected chi connectivity index (χ1v) is 14.4. The molecule has 8 heteroatoms. The Morgan fingerprint density at radius 2 is 1.59 bits per heavy atom. The highest BCUT2D eigenvalue weighted by Crippen LogP contribution is 2.48. The molecular formula is C33H27BrN6O. The number of ether oxygens (including phenoxy) is 1. The van der Waals surface area contributed by atoms with Gasteiger partial charge in [-0.2, -0.15) is 5.10 Å². The van der Waals surface area contributed by atoms with Crippen LogP contribution in [0.25, 0.3) is 5.69 Å². The van der Waals surface area contributed by atoms with E-state index in [-0.39, 0.29) is 6.04 Å². The summed E-state index contributed by atoms with van der Waals surface area (Å²) < 4.78 is 8.72. The van der Waals surface area contributed by atoms with Gasteiger partial charge in [-0.3, -0.25) is 0 Å². The maximum absolute atomic E-state index is 5.77. The van der Waals surface area contributed by atoms with Crippen molar-refractivity contribution in [2.75, 3.05) is 16.8 Å². The van der Waals surface area contributed by atoms with E-state index in [0.717, 1.165) is 61.4 Å². The highest BCUT2D eigenvalue weighted by Gasteiger charge is 2.41. The van der Waals surface area contributed by atoms with Gasteiger partial charge in [-0.05, 0) is 80.1 Å². The summed E-state index contributed by atoms with van der Waals surface area (Å²) in [4.78, 5) is 12.6. The summed E-state index contributed by atoms with van der Waals surface area (Å²) >= 11 is 3.54. The van der Waals surface area contributed by atoms with Gasteiger partial charge in [0, 0.05) is 15.7 Å². The lowest BCUT2D eigenvalue weighted by atomic mass is 9.93. The van der Waals surface area contributed by atoms with Gasteiger partial charge in [-0.1, -0.05) is 58.4 Å². The van der Waals surface area contributed by atoms with E-state index in [0.29, 0.717) is 12.4 Å². The number of benzene rings is 4. The molecule has 0 aliphatic carbocycles. The molecule has 0 spiro atoms. The van der Waals surface area contributed by atoms with Crippen LogP contribution in [0.1, 0.15) is 29.8 Å². The van der Waals surface area contributed by atoms with Crippen molar-refractivity contribution in [2.45, 2.75) is 19.9 Å². The molecule has 0 fully saturated rings. The van der Waals surface area contributed by atoms with Crippen molar-refractivity contribution < 1.29 is 4.74 Å². The van der Waals surface area contributed by atoms with Crippen molar-refractivity contribution in [2.24, 2.45) is 9.98 Å². The summed E-state index contributed by atoms with van der Waals surface area (Å²) in [5.74, 6) is 3.04. The quantitative estimate of drug-likeness (QED) is 0.220. The molecular weight excluding hydrogens is 576 g/mol. The Kier molecular flexibility index (Phi) is 6.40. The number of halogens is 1. The molecule has 0 saturated heterocycles. The molecule has 0 bridgehead atoms. The number of nitrogens with zero attached hydrogens (tertiary/aromatic N) is 5. The van der Waals surface area contributed by atoms with Crippen LogP contribution >= 0.6 is 15.9 Å². The van der Waals surface area contributed by atoms with Gasteiger partial charge in [0.1, 0.15) is 5.75 Å². The average Bonchev–Trinajstić information content (AvgIpc) is 3.34. The van der Waals surface area contributed by atoms with Crippen LogP contribution in [-0.4, -0.2) is 28.1 Å². The largest absolute Gasteiger partial charge is 0.494 e. The van der Waals surface area contributed by atoms with Crippen LogP contribution in [0.4, 0.5) is 22.9 Å². The molecule has 3 heterocycles. The number of aryl methyl sites for hydroxylation is 1. The highest BCUT2D eigenvalue weighted by atomic mass is 79.9. The minimum absolute atomic E-state index is 0.191. The lowest BCUT2D eigenvalue weighted by Crippen LogP contribution is -2.46. The van der Waals surface area contributed by atoms with Crippen molar-refractivity contribution in [3.63, 3.8) is 0 Å². The maximum Gasteiger partial charge on any atom is 0.179 e. The number of fused-ring (bicyclic) bond motifs is 4. The van der Waals surface area contributed by atoms with Crippen LogP contribution in [0.2, 0.25) is 0 Å². The van der Waals surface area contributed by atoms with Gasteiger partial charge in [0.15, 0.2) is 17.5 Å². The molecule has 0 radical (unpaired) electrons. The smallest absolute Gasteiger partial charge is 0.179 e. The zero-order valence-corrected chi connectivity index (χ0v) is 24.2. The standard InChI is InChI=1S/C33H27BrN6O/c1-3-41-26-19-13-22(14-20-26)30-29-21(2)38-40(25-9-5-4-6-10-25)32(29)37-33-31(35-24-17-15-23(34)16-18-24)36-27-11-7-8-12-28(27)39(30)33/h4-20,30H,3H2,1-2H3,(H,35,36)/t30-/m0/s1. The molecule has 0 unspecified atom stereocenters. The summed E-state index contributed by atoms with van der Waals surface area (Å²) in [6, 6.07) is 34.6. The Hall–Kier alpha value is -4.69. The van der Waals surface area contributed by atoms with E-state index in [1.165, 1.54) is 0 Å². The van der Waals surface area contributed by atoms with Crippen molar-refractivity contribution in [3.8, 4) is 11.4 Å².